The Morgan fingerprint density at radius 1 is 1.29 bits per heavy atom. The second-order valence-corrected chi connectivity index (χ2v) is 4.95. The number of hydrogen-bond donors (Lipinski definition) is 0. The van der Waals surface area contributed by atoms with E-state index in [4.69, 9.17) is 0 Å². The lowest BCUT2D eigenvalue weighted by atomic mass is 10.0. The largest absolute Gasteiger partial charge is 0.308 e. The molecule has 3 rings (SSSR count). The fourth-order valence-corrected chi connectivity index (χ4v) is 3.09. The van der Waals surface area contributed by atoms with Gasteiger partial charge in [0.2, 0.25) is 5.91 Å². The molecule has 3 nitrogen and oxygen atoms in total. The molecule has 2 fully saturated rings. The fraction of sp³-hybridized carbons (Fsp3) is 0.429. The Kier molecular flexibility index (Phi) is 2.28. The molecule has 1 amide bonds. The zero-order valence-corrected chi connectivity index (χ0v) is 9.85. The number of carbonyl (C=O) groups excluding carboxylic acids is 2. The summed E-state index contributed by atoms with van der Waals surface area (Å²) in [5, 5.41) is 0. The summed E-state index contributed by atoms with van der Waals surface area (Å²) in [7, 11) is 0. The van der Waals surface area contributed by atoms with E-state index in [9.17, 15) is 9.59 Å². The van der Waals surface area contributed by atoms with Gasteiger partial charge >= 0.3 is 0 Å². The zero-order chi connectivity index (χ0) is 12.0. The van der Waals surface area contributed by atoms with Crippen molar-refractivity contribution in [3.05, 3.63) is 29.8 Å². The zero-order valence-electron chi connectivity index (χ0n) is 9.85. The lowest BCUT2D eigenvalue weighted by molar-refractivity contribution is -0.121. The monoisotopic (exact) mass is 229 g/mol. The lowest BCUT2D eigenvalue weighted by Crippen LogP contribution is -2.37. The third-order valence-electron chi connectivity index (χ3n) is 3.90. The summed E-state index contributed by atoms with van der Waals surface area (Å²) in [5.74, 6) is 0.422. The first-order valence-corrected chi connectivity index (χ1v) is 6.11. The van der Waals surface area contributed by atoms with E-state index in [2.05, 4.69) is 0 Å². The maximum absolute atomic E-state index is 12.2. The van der Waals surface area contributed by atoms with Crippen LogP contribution in [0.3, 0.4) is 0 Å². The lowest BCUT2D eigenvalue weighted by Gasteiger charge is -2.28. The van der Waals surface area contributed by atoms with E-state index in [-0.39, 0.29) is 17.6 Å². The van der Waals surface area contributed by atoms with Crippen LogP contribution in [-0.4, -0.2) is 17.7 Å². The molecule has 0 aromatic heterocycles. The molecule has 2 atom stereocenters. The number of piperidine rings is 1. The first-order chi connectivity index (χ1) is 8.18. The van der Waals surface area contributed by atoms with Crippen molar-refractivity contribution in [3.63, 3.8) is 0 Å². The number of Topliss-reactive ketones (excluding diaryl/α,β-unsaturated/α-hetero) is 1. The minimum Gasteiger partial charge on any atom is -0.308 e. The van der Waals surface area contributed by atoms with E-state index in [0.29, 0.717) is 11.6 Å². The van der Waals surface area contributed by atoms with Crippen molar-refractivity contribution in [2.24, 2.45) is 5.92 Å². The molecule has 2 aliphatic rings. The second-order valence-electron chi connectivity index (χ2n) is 4.95. The van der Waals surface area contributed by atoms with Crippen molar-refractivity contribution in [2.45, 2.75) is 32.2 Å². The molecule has 1 saturated heterocycles. The Balaban J connectivity index is 2.05. The van der Waals surface area contributed by atoms with Gasteiger partial charge in [-0.1, -0.05) is 12.1 Å². The number of anilines is 1. The minimum atomic E-state index is 0.0242. The highest BCUT2D eigenvalue weighted by molar-refractivity contribution is 6.06. The number of nitrogens with zero attached hydrogens (tertiary/aromatic N) is 1. The summed E-state index contributed by atoms with van der Waals surface area (Å²) in [6, 6.07) is 7.74. The molecule has 2 unspecified atom stereocenters. The van der Waals surface area contributed by atoms with E-state index in [0.717, 1.165) is 24.9 Å². The van der Waals surface area contributed by atoms with E-state index >= 15 is 0 Å². The van der Waals surface area contributed by atoms with Gasteiger partial charge in [0.25, 0.3) is 0 Å². The summed E-state index contributed by atoms with van der Waals surface area (Å²) < 4.78 is 0. The van der Waals surface area contributed by atoms with Crippen LogP contribution in [0.2, 0.25) is 0 Å². The smallest absolute Gasteiger partial charge is 0.230 e. The van der Waals surface area contributed by atoms with E-state index in [1.807, 2.05) is 23.1 Å². The maximum Gasteiger partial charge on any atom is 0.230 e. The van der Waals surface area contributed by atoms with Crippen LogP contribution < -0.4 is 4.90 Å². The molecule has 1 aromatic rings. The summed E-state index contributed by atoms with van der Waals surface area (Å²) in [6.45, 7) is 1.55. The summed E-state index contributed by atoms with van der Waals surface area (Å²) >= 11 is 0. The van der Waals surface area contributed by atoms with Crippen LogP contribution in [-0.2, 0) is 4.79 Å². The number of ketones is 1. The molecule has 0 radical (unpaired) electrons. The van der Waals surface area contributed by atoms with Crippen LogP contribution in [0.5, 0.6) is 0 Å². The van der Waals surface area contributed by atoms with Crippen LogP contribution >= 0.6 is 0 Å². The highest BCUT2D eigenvalue weighted by atomic mass is 16.2. The van der Waals surface area contributed by atoms with Crippen molar-refractivity contribution >= 4 is 17.4 Å². The predicted molar refractivity (Wildman–Crippen MR) is 65.1 cm³/mol. The summed E-state index contributed by atoms with van der Waals surface area (Å²) in [4.78, 5) is 25.6. The van der Waals surface area contributed by atoms with Gasteiger partial charge in [-0.15, -0.1) is 0 Å². The summed E-state index contributed by atoms with van der Waals surface area (Å²) in [6.07, 6.45) is 3.05. The Labute approximate surface area is 100 Å². The van der Waals surface area contributed by atoms with Crippen molar-refractivity contribution in [3.8, 4) is 0 Å². The van der Waals surface area contributed by atoms with Gasteiger partial charge in [-0.3, -0.25) is 9.59 Å². The van der Waals surface area contributed by atoms with Crippen LogP contribution in [0.1, 0.15) is 36.5 Å². The molecule has 0 spiro atoms. The van der Waals surface area contributed by atoms with Gasteiger partial charge < -0.3 is 4.90 Å². The number of para-hydroxylation sites is 1. The van der Waals surface area contributed by atoms with Crippen LogP contribution in [0.25, 0.3) is 0 Å². The molecular formula is C14H15NO2. The Bertz CT molecular complexity index is 495. The van der Waals surface area contributed by atoms with Gasteiger partial charge in [0, 0.05) is 17.5 Å². The van der Waals surface area contributed by atoms with Gasteiger partial charge in [0.05, 0.1) is 5.69 Å². The van der Waals surface area contributed by atoms with Gasteiger partial charge in [-0.05, 0) is 38.3 Å². The quantitative estimate of drug-likeness (QED) is 0.730. The third kappa shape index (κ3) is 1.49. The Hall–Kier alpha value is -1.64. The molecule has 1 heterocycles. The molecule has 1 aliphatic carbocycles. The highest BCUT2D eigenvalue weighted by Crippen LogP contribution is 2.42. The molecule has 88 valence electrons. The first-order valence-electron chi connectivity index (χ1n) is 6.11. The molecule has 17 heavy (non-hydrogen) atoms. The number of carbonyl (C=O) groups is 2. The Morgan fingerprint density at radius 3 is 2.71 bits per heavy atom. The fourth-order valence-electron chi connectivity index (χ4n) is 3.09. The molecule has 0 N–H and O–H groups in total. The third-order valence-corrected chi connectivity index (χ3v) is 3.90. The van der Waals surface area contributed by atoms with E-state index < -0.39 is 0 Å². The molecule has 1 aromatic carbocycles. The average molecular weight is 229 g/mol. The van der Waals surface area contributed by atoms with Gasteiger partial charge in [-0.25, -0.2) is 0 Å². The first kappa shape index (κ1) is 10.5. The number of rotatable bonds is 2. The van der Waals surface area contributed by atoms with Gasteiger partial charge in [-0.2, -0.15) is 0 Å². The summed E-state index contributed by atoms with van der Waals surface area (Å²) in [5.41, 5.74) is 1.46. The molecule has 1 saturated carbocycles. The van der Waals surface area contributed by atoms with Crippen molar-refractivity contribution in [2.75, 3.05) is 4.90 Å². The second kappa shape index (κ2) is 3.69. The molecular weight excluding hydrogens is 214 g/mol. The number of benzene rings is 1. The molecule has 3 heteroatoms. The number of hydrogen-bond acceptors (Lipinski definition) is 2. The normalized spacial score (nSPS) is 26.6. The van der Waals surface area contributed by atoms with Crippen molar-refractivity contribution in [1.29, 1.82) is 0 Å². The molecule has 1 aliphatic heterocycles. The SMILES string of the molecule is CC(=O)c1ccccc1N1C(=O)C2CCC1C2. The average Bonchev–Trinajstić information content (AvgIpc) is 2.89. The van der Waals surface area contributed by atoms with E-state index in [1.54, 1.807) is 13.0 Å². The molecule has 2 bridgehead atoms. The highest BCUT2D eigenvalue weighted by Gasteiger charge is 2.45. The number of amides is 1. The Morgan fingerprint density at radius 2 is 2.06 bits per heavy atom. The topological polar surface area (TPSA) is 37.4 Å². The predicted octanol–water partition coefficient (Wildman–Crippen LogP) is 2.40. The minimum absolute atomic E-state index is 0.0242. The number of fused-ring (bicyclic) bond motifs is 2. The van der Waals surface area contributed by atoms with Crippen molar-refractivity contribution in [1.82, 2.24) is 0 Å². The van der Waals surface area contributed by atoms with Crippen molar-refractivity contribution < 1.29 is 9.59 Å². The van der Waals surface area contributed by atoms with Gasteiger partial charge in [0.15, 0.2) is 5.78 Å². The standard InChI is InChI=1S/C14H15NO2/c1-9(16)12-4-2-3-5-13(12)15-11-7-6-10(8-11)14(15)17/h2-5,10-11H,6-8H2,1H3. The van der Waals surface area contributed by atoms with Crippen LogP contribution in [0, 0.1) is 5.92 Å². The maximum atomic E-state index is 12.2. The van der Waals surface area contributed by atoms with E-state index in [1.165, 1.54) is 0 Å². The van der Waals surface area contributed by atoms with Crippen LogP contribution in [0.15, 0.2) is 24.3 Å². The van der Waals surface area contributed by atoms with Crippen LogP contribution in [0.4, 0.5) is 5.69 Å². The van der Waals surface area contributed by atoms with Gasteiger partial charge in [0.1, 0.15) is 0 Å².